The summed E-state index contributed by atoms with van der Waals surface area (Å²) in [5.74, 6) is 1.59. The lowest BCUT2D eigenvalue weighted by Gasteiger charge is -2.13. The standard InChI is InChI=1S/C21H26N4O3/c1-27-18-9-8-16(12-19(18)28-2)25-20-14-23-17(13-24-20)21(26)22-11-10-15-6-4-3-5-7-15/h6,8-9,12-14H,3-5,7,10-11H2,1-2H3,(H,22,26)(H,24,25). The summed E-state index contributed by atoms with van der Waals surface area (Å²) in [6.45, 7) is 0.623. The van der Waals surface area contributed by atoms with Crippen molar-refractivity contribution in [1.82, 2.24) is 15.3 Å². The lowest BCUT2D eigenvalue weighted by atomic mass is 9.97. The highest BCUT2D eigenvalue weighted by molar-refractivity contribution is 5.92. The highest BCUT2D eigenvalue weighted by Gasteiger charge is 2.10. The predicted octanol–water partition coefficient (Wildman–Crippen LogP) is 3.86. The Hall–Kier alpha value is -3.09. The largest absolute Gasteiger partial charge is 0.493 e. The molecule has 7 heteroatoms. The third kappa shape index (κ3) is 5.22. The zero-order chi connectivity index (χ0) is 19.8. The van der Waals surface area contributed by atoms with Gasteiger partial charge < -0.3 is 20.1 Å². The fraction of sp³-hybridized carbons (Fsp3) is 0.381. The number of carbonyl (C=O) groups is 1. The van der Waals surface area contributed by atoms with Gasteiger partial charge in [-0.05, 0) is 44.2 Å². The zero-order valence-corrected chi connectivity index (χ0v) is 16.3. The van der Waals surface area contributed by atoms with Crippen LogP contribution in [0.1, 0.15) is 42.6 Å². The van der Waals surface area contributed by atoms with E-state index in [1.165, 1.54) is 30.8 Å². The molecule has 0 unspecified atom stereocenters. The fourth-order valence-corrected chi connectivity index (χ4v) is 3.13. The minimum Gasteiger partial charge on any atom is -0.493 e. The Kier molecular flexibility index (Phi) is 6.84. The Labute approximate surface area is 165 Å². The lowest BCUT2D eigenvalue weighted by molar-refractivity contribution is 0.0948. The normalized spacial score (nSPS) is 13.4. The highest BCUT2D eigenvalue weighted by Crippen LogP contribution is 2.30. The molecule has 0 radical (unpaired) electrons. The van der Waals surface area contributed by atoms with E-state index >= 15 is 0 Å². The fourth-order valence-electron chi connectivity index (χ4n) is 3.13. The van der Waals surface area contributed by atoms with E-state index < -0.39 is 0 Å². The number of benzene rings is 1. The van der Waals surface area contributed by atoms with Crippen LogP contribution >= 0.6 is 0 Å². The van der Waals surface area contributed by atoms with Crippen LogP contribution in [-0.2, 0) is 0 Å². The molecular weight excluding hydrogens is 356 g/mol. The van der Waals surface area contributed by atoms with E-state index in [-0.39, 0.29) is 5.91 Å². The number of ether oxygens (including phenoxy) is 2. The maximum atomic E-state index is 12.2. The molecule has 2 N–H and O–H groups in total. The van der Waals surface area contributed by atoms with Gasteiger partial charge in [0.1, 0.15) is 11.5 Å². The number of nitrogens with zero attached hydrogens (tertiary/aromatic N) is 2. The molecule has 1 aromatic carbocycles. The van der Waals surface area contributed by atoms with E-state index in [0.29, 0.717) is 29.6 Å². The van der Waals surface area contributed by atoms with Gasteiger partial charge in [0.05, 0.1) is 26.6 Å². The molecule has 0 atom stereocenters. The van der Waals surface area contributed by atoms with Crippen LogP contribution in [-0.4, -0.2) is 36.6 Å². The summed E-state index contributed by atoms with van der Waals surface area (Å²) in [5.41, 5.74) is 2.52. The number of nitrogens with one attached hydrogen (secondary N) is 2. The first-order valence-corrected chi connectivity index (χ1v) is 9.47. The molecular formula is C21H26N4O3. The van der Waals surface area contributed by atoms with E-state index in [9.17, 15) is 4.79 Å². The van der Waals surface area contributed by atoms with Gasteiger partial charge in [-0.15, -0.1) is 0 Å². The molecule has 1 aromatic heterocycles. The van der Waals surface area contributed by atoms with Gasteiger partial charge in [0.15, 0.2) is 11.5 Å². The molecule has 0 saturated carbocycles. The van der Waals surface area contributed by atoms with Gasteiger partial charge in [-0.25, -0.2) is 9.97 Å². The van der Waals surface area contributed by atoms with Gasteiger partial charge in [-0.2, -0.15) is 0 Å². The van der Waals surface area contributed by atoms with Crippen molar-refractivity contribution in [2.24, 2.45) is 0 Å². The second kappa shape index (κ2) is 9.73. The number of rotatable bonds is 8. The summed E-state index contributed by atoms with van der Waals surface area (Å²) in [6.07, 6.45) is 11.0. The third-order valence-corrected chi connectivity index (χ3v) is 4.66. The summed E-state index contributed by atoms with van der Waals surface area (Å²) in [7, 11) is 3.17. The van der Waals surface area contributed by atoms with Crippen LogP contribution in [0.4, 0.5) is 11.5 Å². The summed E-state index contributed by atoms with van der Waals surface area (Å²) in [6, 6.07) is 5.46. The molecule has 28 heavy (non-hydrogen) atoms. The molecule has 7 nitrogen and oxygen atoms in total. The van der Waals surface area contributed by atoms with Crippen LogP contribution in [0.3, 0.4) is 0 Å². The Bertz CT molecular complexity index is 834. The smallest absolute Gasteiger partial charge is 0.271 e. The molecule has 1 amide bonds. The molecule has 0 bridgehead atoms. The van der Waals surface area contributed by atoms with Crippen molar-refractivity contribution in [3.8, 4) is 11.5 Å². The van der Waals surface area contributed by atoms with Gasteiger partial charge in [-0.3, -0.25) is 4.79 Å². The Morgan fingerprint density at radius 2 is 1.96 bits per heavy atom. The van der Waals surface area contributed by atoms with Crippen LogP contribution in [0.25, 0.3) is 0 Å². The first-order chi connectivity index (χ1) is 13.7. The van der Waals surface area contributed by atoms with Gasteiger partial charge >= 0.3 is 0 Å². The molecule has 0 spiro atoms. The van der Waals surface area contributed by atoms with Crippen LogP contribution in [0.2, 0.25) is 0 Å². The number of hydrogen-bond donors (Lipinski definition) is 2. The Balaban J connectivity index is 1.54. The van der Waals surface area contributed by atoms with Gasteiger partial charge in [0.25, 0.3) is 5.91 Å². The number of allylic oxidation sites excluding steroid dienone is 1. The molecule has 1 aliphatic carbocycles. The third-order valence-electron chi connectivity index (χ3n) is 4.66. The van der Waals surface area contributed by atoms with Crippen LogP contribution in [0, 0.1) is 0 Å². The highest BCUT2D eigenvalue weighted by atomic mass is 16.5. The molecule has 1 aliphatic rings. The summed E-state index contributed by atoms with van der Waals surface area (Å²) < 4.78 is 10.5. The Morgan fingerprint density at radius 1 is 1.11 bits per heavy atom. The number of amides is 1. The molecule has 2 aromatic rings. The van der Waals surface area contributed by atoms with E-state index in [1.54, 1.807) is 26.4 Å². The molecule has 148 valence electrons. The van der Waals surface area contributed by atoms with Gasteiger partial charge in [0.2, 0.25) is 0 Å². The van der Waals surface area contributed by atoms with Gasteiger partial charge in [0, 0.05) is 18.3 Å². The molecule has 0 fully saturated rings. The maximum absolute atomic E-state index is 12.2. The molecule has 0 aliphatic heterocycles. The van der Waals surface area contributed by atoms with E-state index in [4.69, 9.17) is 9.47 Å². The second-order valence-electron chi connectivity index (χ2n) is 6.60. The first-order valence-electron chi connectivity index (χ1n) is 9.47. The van der Waals surface area contributed by atoms with Crippen LogP contribution in [0.5, 0.6) is 11.5 Å². The topological polar surface area (TPSA) is 85.4 Å². The van der Waals surface area contributed by atoms with Crippen molar-refractivity contribution < 1.29 is 14.3 Å². The Morgan fingerprint density at radius 3 is 2.64 bits per heavy atom. The van der Waals surface area contributed by atoms with E-state index in [2.05, 4.69) is 26.7 Å². The average molecular weight is 382 g/mol. The van der Waals surface area contributed by atoms with E-state index in [0.717, 1.165) is 24.9 Å². The van der Waals surface area contributed by atoms with Gasteiger partial charge in [-0.1, -0.05) is 11.6 Å². The van der Waals surface area contributed by atoms with Crippen molar-refractivity contribution in [3.05, 3.63) is 47.9 Å². The number of carbonyl (C=O) groups excluding carboxylic acids is 1. The number of hydrogen-bond acceptors (Lipinski definition) is 6. The first kappa shape index (κ1) is 19.7. The monoisotopic (exact) mass is 382 g/mol. The SMILES string of the molecule is COc1ccc(Nc2cnc(C(=O)NCCC3=CCCCC3)cn2)cc1OC. The van der Waals surface area contributed by atoms with Crippen molar-refractivity contribution >= 4 is 17.4 Å². The zero-order valence-electron chi connectivity index (χ0n) is 16.3. The number of methoxy groups -OCH3 is 2. The van der Waals surface area contributed by atoms with Crippen LogP contribution < -0.4 is 20.1 Å². The summed E-state index contributed by atoms with van der Waals surface area (Å²) >= 11 is 0. The molecule has 1 heterocycles. The minimum absolute atomic E-state index is 0.207. The van der Waals surface area contributed by atoms with Crippen molar-refractivity contribution in [3.63, 3.8) is 0 Å². The predicted molar refractivity (Wildman–Crippen MR) is 108 cm³/mol. The lowest BCUT2D eigenvalue weighted by Crippen LogP contribution is -2.26. The summed E-state index contributed by atoms with van der Waals surface area (Å²) in [5, 5.41) is 6.04. The molecule has 3 rings (SSSR count). The molecule has 0 saturated heterocycles. The summed E-state index contributed by atoms with van der Waals surface area (Å²) in [4.78, 5) is 20.7. The van der Waals surface area contributed by atoms with Crippen LogP contribution in [0.15, 0.2) is 42.2 Å². The maximum Gasteiger partial charge on any atom is 0.271 e. The average Bonchev–Trinajstić information content (AvgIpc) is 2.75. The number of anilines is 2. The van der Waals surface area contributed by atoms with Crippen molar-refractivity contribution in [1.29, 1.82) is 0 Å². The quantitative estimate of drug-likeness (QED) is 0.675. The van der Waals surface area contributed by atoms with Crippen molar-refractivity contribution in [2.75, 3.05) is 26.1 Å². The van der Waals surface area contributed by atoms with Crippen molar-refractivity contribution in [2.45, 2.75) is 32.1 Å². The van der Waals surface area contributed by atoms with E-state index in [1.807, 2.05) is 6.07 Å². The minimum atomic E-state index is -0.207. The second-order valence-corrected chi connectivity index (χ2v) is 6.60. The number of aromatic nitrogens is 2.